The van der Waals surface area contributed by atoms with Crippen molar-refractivity contribution < 1.29 is 18.0 Å². The highest BCUT2D eigenvalue weighted by atomic mass is 32.2. The van der Waals surface area contributed by atoms with E-state index >= 15 is 0 Å². The molecule has 0 fully saturated rings. The normalized spacial score (nSPS) is 11.3. The number of carbonyl (C=O) groups is 2. The molecular weight excluding hydrogens is 410 g/mol. The topological polar surface area (TPSA) is 105 Å². The standard InChI is InChI=1S/C20H19N3O4S2/c1-13(2)29(26,27)17-6-4-3-5-16(17)19(25)22-15-9-7-14(8-10-15)18(24)23-20-21-11-12-28-20/h3-13H,1-2H3,(H,22,25)(H,21,23,24). The van der Waals surface area contributed by atoms with Crippen LogP contribution in [0.2, 0.25) is 0 Å². The molecule has 2 N–H and O–H groups in total. The van der Waals surface area contributed by atoms with Crippen LogP contribution in [-0.2, 0) is 9.84 Å². The lowest BCUT2D eigenvalue weighted by atomic mass is 10.1. The van der Waals surface area contributed by atoms with Crippen LogP contribution < -0.4 is 10.6 Å². The molecule has 29 heavy (non-hydrogen) atoms. The quantitative estimate of drug-likeness (QED) is 0.620. The van der Waals surface area contributed by atoms with Crippen molar-refractivity contribution in [2.45, 2.75) is 24.0 Å². The zero-order chi connectivity index (χ0) is 21.0. The minimum atomic E-state index is -3.61. The summed E-state index contributed by atoms with van der Waals surface area (Å²) in [7, 11) is -3.61. The Morgan fingerprint density at radius 2 is 1.66 bits per heavy atom. The molecule has 0 unspecified atom stereocenters. The molecule has 0 aliphatic carbocycles. The average molecular weight is 430 g/mol. The van der Waals surface area contributed by atoms with Crippen molar-refractivity contribution >= 4 is 43.8 Å². The molecule has 0 spiro atoms. The van der Waals surface area contributed by atoms with Crippen LogP contribution in [0.4, 0.5) is 10.8 Å². The van der Waals surface area contributed by atoms with Crippen LogP contribution in [0.5, 0.6) is 0 Å². The molecule has 0 saturated carbocycles. The summed E-state index contributed by atoms with van der Waals surface area (Å²) in [6.07, 6.45) is 1.59. The van der Waals surface area contributed by atoms with Crippen LogP contribution in [0.3, 0.4) is 0 Å². The zero-order valence-electron chi connectivity index (χ0n) is 15.7. The van der Waals surface area contributed by atoms with Crippen LogP contribution in [0.1, 0.15) is 34.6 Å². The number of nitrogens with one attached hydrogen (secondary N) is 2. The third-order valence-corrected chi connectivity index (χ3v) is 7.02. The Labute approximate surface area is 172 Å². The Bertz CT molecular complexity index is 1120. The molecule has 0 aliphatic rings. The summed E-state index contributed by atoms with van der Waals surface area (Å²) in [6.45, 7) is 3.14. The summed E-state index contributed by atoms with van der Waals surface area (Å²) >= 11 is 1.31. The molecular formula is C20H19N3O4S2. The molecule has 1 heterocycles. The second-order valence-corrected chi connectivity index (χ2v) is 9.78. The van der Waals surface area contributed by atoms with Crippen molar-refractivity contribution in [3.05, 3.63) is 71.2 Å². The van der Waals surface area contributed by atoms with E-state index < -0.39 is 21.0 Å². The Morgan fingerprint density at radius 3 is 2.28 bits per heavy atom. The predicted molar refractivity (Wildman–Crippen MR) is 113 cm³/mol. The molecule has 2 amide bonds. The van der Waals surface area contributed by atoms with E-state index in [-0.39, 0.29) is 16.4 Å². The van der Waals surface area contributed by atoms with Gasteiger partial charge in [0.2, 0.25) is 0 Å². The van der Waals surface area contributed by atoms with Crippen molar-refractivity contribution in [1.82, 2.24) is 4.98 Å². The van der Waals surface area contributed by atoms with Crippen molar-refractivity contribution in [2.75, 3.05) is 10.6 Å². The molecule has 3 aromatic rings. The summed E-state index contributed by atoms with van der Waals surface area (Å²) < 4.78 is 25.1. The van der Waals surface area contributed by atoms with E-state index in [1.54, 1.807) is 61.8 Å². The van der Waals surface area contributed by atoms with Crippen molar-refractivity contribution in [1.29, 1.82) is 0 Å². The van der Waals surface area contributed by atoms with Crippen LogP contribution >= 0.6 is 11.3 Å². The van der Waals surface area contributed by atoms with Crippen molar-refractivity contribution in [2.24, 2.45) is 0 Å². The number of aromatic nitrogens is 1. The lowest BCUT2D eigenvalue weighted by molar-refractivity contribution is 0.101. The summed E-state index contributed by atoms with van der Waals surface area (Å²) in [5.74, 6) is -0.851. The first-order chi connectivity index (χ1) is 13.8. The van der Waals surface area contributed by atoms with E-state index in [1.807, 2.05) is 0 Å². The van der Waals surface area contributed by atoms with Gasteiger partial charge in [-0.25, -0.2) is 13.4 Å². The maximum Gasteiger partial charge on any atom is 0.257 e. The molecule has 0 aliphatic heterocycles. The van der Waals surface area contributed by atoms with Crippen LogP contribution in [0, 0.1) is 0 Å². The van der Waals surface area contributed by atoms with Gasteiger partial charge in [0.25, 0.3) is 11.8 Å². The second-order valence-electron chi connectivity index (χ2n) is 6.41. The van der Waals surface area contributed by atoms with E-state index in [4.69, 9.17) is 0 Å². The Kier molecular flexibility index (Phi) is 6.09. The number of anilines is 2. The summed E-state index contributed by atoms with van der Waals surface area (Å²) in [5, 5.41) is 6.95. The van der Waals surface area contributed by atoms with E-state index in [0.29, 0.717) is 16.4 Å². The first-order valence-electron chi connectivity index (χ1n) is 8.74. The number of benzene rings is 2. The summed E-state index contributed by atoms with van der Waals surface area (Å²) in [6, 6.07) is 12.4. The van der Waals surface area contributed by atoms with E-state index in [0.717, 1.165) is 0 Å². The number of hydrogen-bond acceptors (Lipinski definition) is 6. The van der Waals surface area contributed by atoms with Gasteiger partial charge in [-0.05, 0) is 50.2 Å². The fourth-order valence-electron chi connectivity index (χ4n) is 2.51. The second kappa shape index (κ2) is 8.54. The number of carbonyl (C=O) groups excluding carboxylic acids is 2. The van der Waals surface area contributed by atoms with Gasteiger partial charge >= 0.3 is 0 Å². The van der Waals surface area contributed by atoms with Gasteiger partial charge in [0.15, 0.2) is 15.0 Å². The Balaban J connectivity index is 1.76. The number of amides is 2. The molecule has 2 aromatic carbocycles. The maximum absolute atomic E-state index is 12.7. The van der Waals surface area contributed by atoms with E-state index in [2.05, 4.69) is 15.6 Å². The highest BCUT2D eigenvalue weighted by molar-refractivity contribution is 7.92. The Morgan fingerprint density at radius 1 is 0.966 bits per heavy atom. The van der Waals surface area contributed by atoms with Gasteiger partial charge < -0.3 is 5.32 Å². The monoisotopic (exact) mass is 429 g/mol. The molecule has 9 heteroatoms. The third-order valence-electron chi connectivity index (χ3n) is 4.12. The zero-order valence-corrected chi connectivity index (χ0v) is 17.4. The molecule has 1 aromatic heterocycles. The van der Waals surface area contributed by atoms with Gasteiger partial charge in [0.05, 0.1) is 15.7 Å². The third kappa shape index (κ3) is 4.69. The number of thiazole rings is 1. The molecule has 0 atom stereocenters. The van der Waals surface area contributed by atoms with Crippen molar-refractivity contribution in [3.63, 3.8) is 0 Å². The highest BCUT2D eigenvalue weighted by Crippen LogP contribution is 2.22. The van der Waals surface area contributed by atoms with Gasteiger partial charge in [0, 0.05) is 22.8 Å². The van der Waals surface area contributed by atoms with E-state index in [1.165, 1.54) is 23.5 Å². The van der Waals surface area contributed by atoms with Gasteiger partial charge in [-0.2, -0.15) is 0 Å². The minimum absolute atomic E-state index is 0.00746. The molecule has 150 valence electrons. The van der Waals surface area contributed by atoms with E-state index in [9.17, 15) is 18.0 Å². The summed E-state index contributed by atoms with van der Waals surface area (Å²) in [4.78, 5) is 28.8. The summed E-state index contributed by atoms with van der Waals surface area (Å²) in [5.41, 5.74) is 0.922. The largest absolute Gasteiger partial charge is 0.322 e. The number of hydrogen-bond donors (Lipinski definition) is 2. The molecule has 3 rings (SSSR count). The molecule has 7 nitrogen and oxygen atoms in total. The maximum atomic E-state index is 12.7. The fraction of sp³-hybridized carbons (Fsp3) is 0.150. The Hall–Kier alpha value is -3.04. The highest BCUT2D eigenvalue weighted by Gasteiger charge is 2.25. The lowest BCUT2D eigenvalue weighted by Gasteiger charge is -2.13. The van der Waals surface area contributed by atoms with Gasteiger partial charge in [-0.3, -0.25) is 14.9 Å². The van der Waals surface area contributed by atoms with Crippen LogP contribution in [-0.4, -0.2) is 30.5 Å². The average Bonchev–Trinajstić information content (AvgIpc) is 3.21. The molecule has 0 radical (unpaired) electrons. The van der Waals surface area contributed by atoms with Gasteiger partial charge in [-0.15, -0.1) is 11.3 Å². The van der Waals surface area contributed by atoms with Gasteiger partial charge in [0.1, 0.15) is 0 Å². The number of rotatable bonds is 6. The number of sulfone groups is 1. The first kappa shape index (κ1) is 20.7. The van der Waals surface area contributed by atoms with Crippen molar-refractivity contribution in [3.8, 4) is 0 Å². The number of nitrogens with zero attached hydrogens (tertiary/aromatic N) is 1. The first-order valence-corrected chi connectivity index (χ1v) is 11.2. The van der Waals surface area contributed by atoms with Crippen LogP contribution in [0.25, 0.3) is 0 Å². The minimum Gasteiger partial charge on any atom is -0.322 e. The fourth-order valence-corrected chi connectivity index (χ4v) is 4.28. The predicted octanol–water partition coefficient (Wildman–Crippen LogP) is 3.83. The van der Waals surface area contributed by atoms with Gasteiger partial charge in [-0.1, -0.05) is 12.1 Å². The lowest BCUT2D eigenvalue weighted by Crippen LogP contribution is -2.20. The smallest absolute Gasteiger partial charge is 0.257 e. The SMILES string of the molecule is CC(C)S(=O)(=O)c1ccccc1C(=O)Nc1ccc(C(=O)Nc2nccs2)cc1. The van der Waals surface area contributed by atoms with Crippen LogP contribution in [0.15, 0.2) is 65.0 Å². The molecule has 0 saturated heterocycles. The molecule has 0 bridgehead atoms.